The van der Waals surface area contributed by atoms with Crippen molar-refractivity contribution in [3.63, 3.8) is 0 Å². The maximum Gasteiger partial charge on any atom is 0.280 e. The van der Waals surface area contributed by atoms with E-state index in [1.54, 1.807) is 4.57 Å². The van der Waals surface area contributed by atoms with Crippen LogP contribution in [0.2, 0.25) is 0 Å². The fourth-order valence-corrected chi connectivity index (χ4v) is 3.20. The lowest BCUT2D eigenvalue weighted by molar-refractivity contribution is -0.195. The number of aromatic nitrogens is 4. The summed E-state index contributed by atoms with van der Waals surface area (Å²) in [6, 6.07) is 0. The van der Waals surface area contributed by atoms with Gasteiger partial charge in [0.2, 0.25) is 5.95 Å². The summed E-state index contributed by atoms with van der Waals surface area (Å²) in [6.07, 6.45) is -0.0468. The van der Waals surface area contributed by atoms with Crippen LogP contribution in [0.25, 0.3) is 11.2 Å². The number of fused-ring (bicyclic) bond motifs is 2. The smallest absolute Gasteiger partial charge is 0.280 e. The fourth-order valence-electron chi connectivity index (χ4n) is 3.20. The maximum absolute atomic E-state index is 11.9. The van der Waals surface area contributed by atoms with Crippen molar-refractivity contribution in [2.75, 3.05) is 12.3 Å². The number of nitrogens with one attached hydrogen (secondary N) is 1. The number of hydrogen-bond acceptors (Lipinski definition) is 8. The van der Waals surface area contributed by atoms with Crippen LogP contribution in [0.15, 0.2) is 11.1 Å². The zero-order chi connectivity index (χ0) is 16.4. The van der Waals surface area contributed by atoms with Crippen LogP contribution >= 0.6 is 0 Å². The molecule has 124 valence electrons. The SMILES string of the molecule is CC1(C)O[C@@H]2[C@H](O1)[C@@H](CN)O[C@H]2n1cnc2c(=O)[nH]c(N)nc21. The number of hydrogen-bond donors (Lipinski definition) is 3. The van der Waals surface area contributed by atoms with Gasteiger partial charge in [0, 0.05) is 6.54 Å². The first kappa shape index (κ1) is 14.6. The van der Waals surface area contributed by atoms with Gasteiger partial charge in [0.05, 0.1) is 6.33 Å². The number of anilines is 1. The van der Waals surface area contributed by atoms with Crippen molar-refractivity contribution < 1.29 is 14.2 Å². The van der Waals surface area contributed by atoms with Crippen LogP contribution in [0.5, 0.6) is 0 Å². The van der Waals surface area contributed by atoms with Gasteiger partial charge >= 0.3 is 0 Å². The van der Waals surface area contributed by atoms with Gasteiger partial charge in [-0.1, -0.05) is 0 Å². The Balaban J connectivity index is 1.80. The number of nitrogens with two attached hydrogens (primary N) is 2. The number of aromatic amines is 1. The summed E-state index contributed by atoms with van der Waals surface area (Å²) in [7, 11) is 0. The molecule has 2 saturated heterocycles. The summed E-state index contributed by atoms with van der Waals surface area (Å²) in [5, 5.41) is 0. The zero-order valence-electron chi connectivity index (χ0n) is 12.7. The molecule has 5 N–H and O–H groups in total. The van der Waals surface area contributed by atoms with Crippen molar-refractivity contribution in [2.45, 2.75) is 44.2 Å². The third-order valence-corrected chi connectivity index (χ3v) is 4.08. The predicted octanol–water partition coefficient (Wildman–Crippen LogP) is -0.922. The number of rotatable bonds is 2. The molecule has 2 fully saturated rings. The molecular weight excluding hydrogens is 304 g/mol. The van der Waals surface area contributed by atoms with Gasteiger partial charge in [-0.15, -0.1) is 0 Å². The zero-order valence-corrected chi connectivity index (χ0v) is 12.7. The highest BCUT2D eigenvalue weighted by molar-refractivity contribution is 5.70. The molecule has 0 bridgehead atoms. The van der Waals surface area contributed by atoms with Crippen LogP contribution in [0.3, 0.4) is 0 Å². The van der Waals surface area contributed by atoms with Crippen molar-refractivity contribution in [2.24, 2.45) is 5.73 Å². The Kier molecular flexibility index (Phi) is 3.00. The van der Waals surface area contributed by atoms with Crippen LogP contribution in [0.4, 0.5) is 5.95 Å². The second-order valence-corrected chi connectivity index (χ2v) is 6.14. The highest BCUT2D eigenvalue weighted by atomic mass is 16.8. The van der Waals surface area contributed by atoms with Crippen LogP contribution in [0.1, 0.15) is 20.1 Å². The summed E-state index contributed by atoms with van der Waals surface area (Å²) < 4.78 is 19.4. The minimum absolute atomic E-state index is 0.0121. The van der Waals surface area contributed by atoms with Crippen LogP contribution < -0.4 is 17.0 Å². The van der Waals surface area contributed by atoms with E-state index < -0.39 is 17.6 Å². The first-order chi connectivity index (χ1) is 10.9. The van der Waals surface area contributed by atoms with E-state index in [2.05, 4.69) is 15.0 Å². The molecule has 23 heavy (non-hydrogen) atoms. The molecule has 2 aromatic heterocycles. The van der Waals surface area contributed by atoms with E-state index in [1.807, 2.05) is 13.8 Å². The summed E-state index contributed by atoms with van der Waals surface area (Å²) in [4.78, 5) is 22.6. The van der Waals surface area contributed by atoms with Crippen molar-refractivity contribution >= 4 is 17.1 Å². The number of ether oxygens (including phenoxy) is 3. The van der Waals surface area contributed by atoms with E-state index in [1.165, 1.54) is 6.33 Å². The Morgan fingerprint density at radius 3 is 2.87 bits per heavy atom. The van der Waals surface area contributed by atoms with E-state index in [0.717, 1.165) is 0 Å². The minimum atomic E-state index is -0.731. The average molecular weight is 322 g/mol. The largest absolute Gasteiger partial charge is 0.369 e. The lowest BCUT2D eigenvalue weighted by atomic mass is 10.1. The second-order valence-electron chi connectivity index (χ2n) is 6.14. The van der Waals surface area contributed by atoms with Crippen molar-refractivity contribution in [1.82, 2.24) is 19.5 Å². The normalized spacial score (nSPS) is 32.5. The highest BCUT2D eigenvalue weighted by Gasteiger charge is 2.55. The van der Waals surface area contributed by atoms with Gasteiger partial charge in [0.15, 0.2) is 23.2 Å². The Hall–Kier alpha value is -2.01. The molecule has 4 heterocycles. The summed E-state index contributed by atoms with van der Waals surface area (Å²) in [5.41, 5.74) is 11.5. The standard InChI is InChI=1S/C13H18N6O4/c1-13(2)22-7-5(3-14)21-11(8(7)23-13)19-4-16-6-9(19)17-12(15)18-10(6)20/h4-5,7-8,11H,3,14H2,1-2H3,(H3,15,17,18,20)/t5-,7-,8-,11-/m1/s1. The predicted molar refractivity (Wildman–Crippen MR) is 79.4 cm³/mol. The molecule has 10 nitrogen and oxygen atoms in total. The molecule has 2 aliphatic heterocycles. The molecular formula is C13H18N6O4. The molecule has 2 aliphatic rings. The molecule has 0 amide bonds. The van der Waals surface area contributed by atoms with Gasteiger partial charge in [0.1, 0.15) is 18.3 Å². The van der Waals surface area contributed by atoms with Gasteiger partial charge in [-0.25, -0.2) is 4.98 Å². The van der Waals surface area contributed by atoms with Gasteiger partial charge in [-0.2, -0.15) is 4.98 Å². The van der Waals surface area contributed by atoms with Crippen LogP contribution in [-0.2, 0) is 14.2 Å². The third-order valence-electron chi connectivity index (χ3n) is 4.08. The van der Waals surface area contributed by atoms with Crippen molar-refractivity contribution in [3.05, 3.63) is 16.7 Å². The number of nitrogen functional groups attached to an aromatic ring is 1. The van der Waals surface area contributed by atoms with Crippen LogP contribution in [0, 0.1) is 0 Å². The van der Waals surface area contributed by atoms with E-state index >= 15 is 0 Å². The first-order valence-electron chi connectivity index (χ1n) is 7.33. The summed E-state index contributed by atoms with van der Waals surface area (Å²) in [5.74, 6) is -0.719. The topological polar surface area (TPSA) is 143 Å². The Morgan fingerprint density at radius 2 is 2.13 bits per heavy atom. The third kappa shape index (κ3) is 2.14. The van der Waals surface area contributed by atoms with Crippen LogP contribution in [-0.4, -0.2) is 50.2 Å². The summed E-state index contributed by atoms with van der Waals surface area (Å²) in [6.45, 7) is 3.96. The second kappa shape index (κ2) is 4.74. The Morgan fingerprint density at radius 1 is 1.39 bits per heavy atom. The fraction of sp³-hybridized carbons (Fsp3) is 0.615. The number of H-pyrrole nitrogens is 1. The summed E-state index contributed by atoms with van der Waals surface area (Å²) >= 11 is 0. The van der Waals surface area contributed by atoms with Crippen molar-refractivity contribution in [3.8, 4) is 0 Å². The molecule has 0 saturated carbocycles. The van der Waals surface area contributed by atoms with Crippen molar-refractivity contribution in [1.29, 1.82) is 0 Å². The molecule has 0 radical (unpaired) electrons. The van der Waals surface area contributed by atoms with Gasteiger partial charge in [0.25, 0.3) is 5.56 Å². The lowest BCUT2D eigenvalue weighted by Gasteiger charge is -2.24. The molecule has 2 aromatic rings. The number of nitrogens with zero attached hydrogens (tertiary/aromatic N) is 3. The van der Waals surface area contributed by atoms with E-state index in [4.69, 9.17) is 25.7 Å². The van der Waals surface area contributed by atoms with Gasteiger partial charge in [-0.3, -0.25) is 14.3 Å². The Labute approximate surface area is 130 Å². The minimum Gasteiger partial charge on any atom is -0.369 e. The molecule has 0 unspecified atom stereocenters. The lowest BCUT2D eigenvalue weighted by Crippen LogP contribution is -2.34. The van der Waals surface area contributed by atoms with Gasteiger partial charge in [-0.05, 0) is 13.8 Å². The molecule has 4 rings (SSSR count). The molecule has 10 heteroatoms. The highest BCUT2D eigenvalue weighted by Crippen LogP contribution is 2.43. The van der Waals surface area contributed by atoms with E-state index in [0.29, 0.717) is 12.2 Å². The molecule has 0 aromatic carbocycles. The first-order valence-corrected chi connectivity index (χ1v) is 7.33. The average Bonchev–Trinajstić information content (AvgIpc) is 3.09. The monoisotopic (exact) mass is 322 g/mol. The Bertz CT molecular complexity index is 814. The maximum atomic E-state index is 11.9. The quantitative estimate of drug-likeness (QED) is 0.644. The number of imidazole rings is 1. The van der Waals surface area contributed by atoms with E-state index in [-0.39, 0.29) is 29.8 Å². The molecule has 0 aliphatic carbocycles. The molecule has 0 spiro atoms. The van der Waals surface area contributed by atoms with Gasteiger partial charge < -0.3 is 25.7 Å². The van der Waals surface area contributed by atoms with E-state index in [9.17, 15) is 4.79 Å². The molecule has 4 atom stereocenters.